The van der Waals surface area contributed by atoms with E-state index in [9.17, 15) is 14.7 Å². The normalized spacial score (nSPS) is 11.4. The predicted molar refractivity (Wildman–Crippen MR) is 127 cm³/mol. The van der Waals surface area contributed by atoms with E-state index in [0.29, 0.717) is 58.5 Å². The Bertz CT molecular complexity index is 923. The topological polar surface area (TPSA) is 109 Å². The molecule has 1 aromatic heterocycles. The third kappa shape index (κ3) is 8.14. The molecule has 31 heavy (non-hydrogen) atoms. The molecule has 1 amide bonds. The summed E-state index contributed by atoms with van der Waals surface area (Å²) >= 11 is 7.31. The summed E-state index contributed by atoms with van der Waals surface area (Å²) in [5.74, 6) is 1.42. The highest BCUT2D eigenvalue weighted by Crippen LogP contribution is 2.27. The summed E-state index contributed by atoms with van der Waals surface area (Å²) in [6, 6.07) is 6.78. The number of aromatic nitrogens is 2. The third-order valence-electron chi connectivity index (χ3n) is 4.43. The lowest BCUT2D eigenvalue weighted by Gasteiger charge is -2.22. The van der Waals surface area contributed by atoms with Crippen molar-refractivity contribution < 1.29 is 14.7 Å². The molecule has 2 rings (SSSR count). The number of hydrogen-bond donors (Lipinski definition) is 2. The Balaban J connectivity index is 0.00000480. The zero-order chi connectivity index (χ0) is 22.1. The molecule has 0 saturated carbocycles. The van der Waals surface area contributed by atoms with E-state index in [2.05, 4.69) is 9.97 Å². The standard InChI is InChI=1S/C21H25ClN4O3S.ClH/c1-14(26(13-28)12-17-11-24-15(2)25-21(17)23)20(7-9-27)30-10-8-19(29)16-3-5-18(22)6-4-16;/h3-6,11,13,27H,7-10,12H2,1-2H3,(H2,23,24,25);1H/b20-14+;. The van der Waals surface area contributed by atoms with Gasteiger partial charge >= 0.3 is 0 Å². The van der Waals surface area contributed by atoms with Crippen LogP contribution in [0.4, 0.5) is 5.82 Å². The van der Waals surface area contributed by atoms with Crippen molar-refractivity contribution in [2.75, 3.05) is 18.1 Å². The number of nitrogens with zero attached hydrogens (tertiary/aromatic N) is 3. The molecule has 7 nitrogen and oxygen atoms in total. The van der Waals surface area contributed by atoms with Gasteiger partial charge in [-0.15, -0.1) is 24.2 Å². The molecule has 0 aliphatic rings. The molecule has 0 bridgehead atoms. The Hall–Kier alpha value is -2.13. The van der Waals surface area contributed by atoms with Gasteiger partial charge in [-0.25, -0.2) is 9.97 Å². The Morgan fingerprint density at radius 2 is 1.97 bits per heavy atom. The van der Waals surface area contributed by atoms with E-state index < -0.39 is 0 Å². The van der Waals surface area contributed by atoms with Crippen LogP contribution in [0.1, 0.15) is 41.5 Å². The van der Waals surface area contributed by atoms with Crippen LogP contribution in [0, 0.1) is 6.92 Å². The average Bonchev–Trinajstić information content (AvgIpc) is 2.72. The fourth-order valence-corrected chi connectivity index (χ4v) is 3.94. The number of thioether (sulfide) groups is 1. The SMILES string of the molecule is C/C(=C(/CCO)SCCC(=O)c1ccc(Cl)cc1)N(C=O)Cc1cnc(C)nc1N.Cl. The maximum absolute atomic E-state index is 12.3. The minimum absolute atomic E-state index is 0. The number of nitrogen functional groups attached to an aromatic ring is 1. The molecule has 0 radical (unpaired) electrons. The number of aliphatic hydroxyl groups is 1. The minimum atomic E-state index is -0.0622. The molecule has 0 aliphatic carbocycles. The Kier molecular flexibility index (Phi) is 11.6. The quantitative estimate of drug-likeness (QED) is 0.366. The zero-order valence-corrected chi connectivity index (χ0v) is 19.8. The molecular formula is C21H26Cl2N4O3S. The smallest absolute Gasteiger partial charge is 0.214 e. The third-order valence-corrected chi connectivity index (χ3v) is 5.94. The number of aliphatic hydroxyl groups excluding tert-OH is 1. The Labute approximate surface area is 197 Å². The van der Waals surface area contributed by atoms with Crippen LogP contribution in [-0.2, 0) is 11.3 Å². The number of aryl methyl sites for hydroxylation is 1. The summed E-state index contributed by atoms with van der Waals surface area (Å²) < 4.78 is 0. The molecule has 3 N–H and O–H groups in total. The summed E-state index contributed by atoms with van der Waals surface area (Å²) in [6.45, 7) is 3.71. The van der Waals surface area contributed by atoms with Gasteiger partial charge in [-0.05, 0) is 38.1 Å². The molecule has 1 heterocycles. The molecule has 0 saturated heterocycles. The van der Waals surface area contributed by atoms with Crippen molar-refractivity contribution in [3.05, 3.63) is 63.0 Å². The summed E-state index contributed by atoms with van der Waals surface area (Å²) in [5.41, 5.74) is 7.88. The van der Waals surface area contributed by atoms with Crippen LogP contribution >= 0.6 is 35.8 Å². The summed E-state index contributed by atoms with van der Waals surface area (Å²) in [5, 5.41) is 10.0. The van der Waals surface area contributed by atoms with Crippen molar-refractivity contribution in [2.24, 2.45) is 0 Å². The van der Waals surface area contributed by atoms with Gasteiger partial charge < -0.3 is 15.7 Å². The van der Waals surface area contributed by atoms with Crippen molar-refractivity contribution in [3.63, 3.8) is 0 Å². The van der Waals surface area contributed by atoms with Crippen molar-refractivity contribution in [2.45, 2.75) is 33.2 Å². The number of benzene rings is 1. The fraction of sp³-hybridized carbons (Fsp3) is 0.333. The number of allylic oxidation sites excluding steroid dienone is 1. The van der Waals surface area contributed by atoms with E-state index in [1.54, 1.807) is 44.3 Å². The summed E-state index contributed by atoms with van der Waals surface area (Å²) in [7, 11) is 0. The first-order chi connectivity index (χ1) is 14.3. The van der Waals surface area contributed by atoms with E-state index >= 15 is 0 Å². The molecule has 10 heteroatoms. The highest BCUT2D eigenvalue weighted by molar-refractivity contribution is 8.03. The Morgan fingerprint density at radius 1 is 1.29 bits per heavy atom. The second-order valence-corrected chi connectivity index (χ2v) is 8.20. The van der Waals surface area contributed by atoms with E-state index in [1.807, 2.05) is 0 Å². The van der Waals surface area contributed by atoms with Gasteiger partial charge in [0.2, 0.25) is 6.41 Å². The molecule has 168 valence electrons. The first kappa shape index (κ1) is 26.9. The largest absolute Gasteiger partial charge is 0.396 e. The van der Waals surface area contributed by atoms with E-state index in [0.717, 1.165) is 4.91 Å². The van der Waals surface area contributed by atoms with Crippen LogP contribution in [0.25, 0.3) is 0 Å². The second kappa shape index (κ2) is 13.3. The first-order valence-corrected chi connectivity index (χ1v) is 10.7. The van der Waals surface area contributed by atoms with Gasteiger partial charge in [0.1, 0.15) is 11.6 Å². The van der Waals surface area contributed by atoms with Gasteiger partial charge in [-0.3, -0.25) is 9.59 Å². The maximum Gasteiger partial charge on any atom is 0.214 e. The maximum atomic E-state index is 12.3. The molecule has 0 spiro atoms. The van der Waals surface area contributed by atoms with Crippen LogP contribution in [0.3, 0.4) is 0 Å². The van der Waals surface area contributed by atoms with Crippen LogP contribution < -0.4 is 5.73 Å². The number of carbonyl (C=O) groups is 2. The van der Waals surface area contributed by atoms with Gasteiger partial charge in [-0.2, -0.15) is 0 Å². The minimum Gasteiger partial charge on any atom is -0.396 e. The lowest BCUT2D eigenvalue weighted by Crippen LogP contribution is -2.22. The average molecular weight is 485 g/mol. The highest BCUT2D eigenvalue weighted by atomic mass is 35.5. The van der Waals surface area contributed by atoms with Gasteiger partial charge in [0, 0.05) is 58.1 Å². The molecule has 0 unspecified atom stereocenters. The number of nitrogens with two attached hydrogens (primary N) is 1. The number of carbonyl (C=O) groups excluding carboxylic acids is 2. The monoisotopic (exact) mass is 484 g/mol. The first-order valence-electron chi connectivity index (χ1n) is 9.37. The molecule has 0 aliphatic heterocycles. The highest BCUT2D eigenvalue weighted by Gasteiger charge is 2.15. The molecule has 0 atom stereocenters. The number of rotatable bonds is 11. The Morgan fingerprint density at radius 3 is 2.55 bits per heavy atom. The number of anilines is 1. The number of hydrogen-bond acceptors (Lipinski definition) is 7. The van der Waals surface area contributed by atoms with Crippen molar-refractivity contribution in [1.82, 2.24) is 14.9 Å². The lowest BCUT2D eigenvalue weighted by atomic mass is 10.1. The predicted octanol–water partition coefficient (Wildman–Crippen LogP) is 4.02. The van der Waals surface area contributed by atoms with Crippen molar-refractivity contribution in [1.29, 1.82) is 0 Å². The second-order valence-electron chi connectivity index (χ2n) is 6.57. The van der Waals surface area contributed by atoms with Crippen molar-refractivity contribution >= 4 is 53.8 Å². The van der Waals surface area contributed by atoms with E-state index in [1.165, 1.54) is 16.7 Å². The van der Waals surface area contributed by atoms with Crippen molar-refractivity contribution in [3.8, 4) is 0 Å². The van der Waals surface area contributed by atoms with Gasteiger partial charge in [0.05, 0.1) is 6.54 Å². The van der Waals surface area contributed by atoms with Crippen LogP contribution in [0.2, 0.25) is 5.02 Å². The molecule has 1 aromatic carbocycles. The molecular weight excluding hydrogens is 459 g/mol. The van der Waals surface area contributed by atoms with Crippen LogP contribution in [0.15, 0.2) is 41.1 Å². The summed E-state index contributed by atoms with van der Waals surface area (Å²) in [6.07, 6.45) is 3.03. The van der Waals surface area contributed by atoms with E-state index in [-0.39, 0.29) is 31.3 Å². The fourth-order valence-electron chi connectivity index (χ4n) is 2.72. The van der Waals surface area contributed by atoms with Gasteiger partial charge in [-0.1, -0.05) is 11.6 Å². The number of amides is 1. The van der Waals surface area contributed by atoms with Crippen LogP contribution in [-0.4, -0.2) is 44.5 Å². The number of Topliss-reactive ketones (excluding diaryl/α,β-unsaturated/α-hetero) is 1. The number of halogens is 2. The lowest BCUT2D eigenvalue weighted by molar-refractivity contribution is -0.116. The number of ketones is 1. The van der Waals surface area contributed by atoms with E-state index in [4.69, 9.17) is 17.3 Å². The van der Waals surface area contributed by atoms with Gasteiger partial charge in [0.25, 0.3) is 0 Å². The molecule has 2 aromatic rings. The summed E-state index contributed by atoms with van der Waals surface area (Å²) in [4.78, 5) is 34.6. The zero-order valence-electron chi connectivity index (χ0n) is 17.4. The van der Waals surface area contributed by atoms with Gasteiger partial charge in [0.15, 0.2) is 5.78 Å². The molecule has 0 fully saturated rings. The van der Waals surface area contributed by atoms with Crippen LogP contribution in [0.5, 0.6) is 0 Å².